The van der Waals surface area contributed by atoms with Crippen LogP contribution in [0, 0.1) is 3.57 Å². The van der Waals surface area contributed by atoms with Gasteiger partial charge in [-0.3, -0.25) is 4.31 Å². The summed E-state index contributed by atoms with van der Waals surface area (Å²) in [6, 6.07) is 11.0. The van der Waals surface area contributed by atoms with E-state index in [1.165, 1.54) is 31.2 Å². The fraction of sp³-hybridized carbons (Fsp3) is 0.133. The monoisotopic (exact) mass is 465 g/mol. The van der Waals surface area contributed by atoms with Crippen LogP contribution in [0.25, 0.3) is 0 Å². The second-order valence-electron chi connectivity index (χ2n) is 4.75. The van der Waals surface area contributed by atoms with E-state index in [0.717, 1.165) is 7.88 Å². The lowest BCUT2D eigenvalue weighted by atomic mass is 10.2. The molecule has 0 heterocycles. The molecule has 0 saturated heterocycles. The van der Waals surface area contributed by atoms with Gasteiger partial charge in [0.25, 0.3) is 10.0 Å². The summed E-state index contributed by atoms with van der Waals surface area (Å²) in [4.78, 5) is 11.4. The fourth-order valence-electron chi connectivity index (χ4n) is 2.00. The van der Waals surface area contributed by atoms with E-state index >= 15 is 0 Å². The van der Waals surface area contributed by atoms with Crippen LogP contribution in [-0.2, 0) is 14.8 Å². The summed E-state index contributed by atoms with van der Waals surface area (Å²) in [5.41, 5.74) is 0.293. The van der Waals surface area contributed by atoms with Crippen LogP contribution in [0.15, 0.2) is 53.4 Å². The fourth-order valence-corrected chi connectivity index (χ4v) is 4.26. The van der Waals surface area contributed by atoms with E-state index in [4.69, 9.17) is 11.6 Å². The highest BCUT2D eigenvalue weighted by Crippen LogP contribution is 2.28. The van der Waals surface area contributed by atoms with Gasteiger partial charge in [-0.2, -0.15) is 0 Å². The number of halogens is 2. The Morgan fingerprint density at radius 1 is 1.22 bits per heavy atom. The van der Waals surface area contributed by atoms with Crippen LogP contribution in [0.1, 0.15) is 6.92 Å². The minimum Gasteiger partial charge on any atom is -0.480 e. The number of rotatable bonds is 5. The lowest BCUT2D eigenvalue weighted by Gasteiger charge is -2.28. The Hall–Kier alpha value is -1.32. The first-order valence-electron chi connectivity index (χ1n) is 6.52. The molecule has 0 saturated carbocycles. The average Bonchev–Trinajstić information content (AvgIpc) is 2.47. The highest BCUT2D eigenvalue weighted by molar-refractivity contribution is 14.1. The first kappa shape index (κ1) is 18.0. The van der Waals surface area contributed by atoms with Crippen LogP contribution in [0.2, 0.25) is 5.02 Å². The third kappa shape index (κ3) is 3.96. The first-order valence-corrected chi connectivity index (χ1v) is 9.41. The summed E-state index contributed by atoms with van der Waals surface area (Å²) < 4.78 is 27.5. The van der Waals surface area contributed by atoms with Gasteiger partial charge in [0, 0.05) is 8.59 Å². The molecule has 0 aliphatic carbocycles. The van der Waals surface area contributed by atoms with E-state index < -0.39 is 22.0 Å². The van der Waals surface area contributed by atoms with Crippen LogP contribution in [0.4, 0.5) is 5.69 Å². The van der Waals surface area contributed by atoms with Gasteiger partial charge >= 0.3 is 5.97 Å². The number of hydrogen-bond donors (Lipinski definition) is 1. The standard InChI is InChI=1S/C15H13ClINO4S/c1-10(15(19)20)18(13-4-2-3-12(17)9-13)23(21,22)14-7-5-11(16)6-8-14/h2-10H,1H3,(H,19,20). The van der Waals surface area contributed by atoms with Gasteiger partial charge < -0.3 is 5.11 Å². The van der Waals surface area contributed by atoms with Crippen LogP contribution < -0.4 is 4.31 Å². The van der Waals surface area contributed by atoms with Gasteiger partial charge in [0.1, 0.15) is 6.04 Å². The zero-order valence-electron chi connectivity index (χ0n) is 12.0. The third-order valence-corrected chi connectivity index (χ3v) is 5.98. The maximum Gasteiger partial charge on any atom is 0.327 e. The molecule has 8 heteroatoms. The van der Waals surface area contributed by atoms with Gasteiger partial charge in [-0.05, 0) is 72.0 Å². The molecule has 0 spiro atoms. The molecular formula is C15H13ClINO4S. The molecule has 0 aliphatic heterocycles. The number of nitrogens with zero attached hydrogens (tertiary/aromatic N) is 1. The molecule has 2 aromatic rings. The van der Waals surface area contributed by atoms with Crippen LogP contribution in [0.5, 0.6) is 0 Å². The number of hydrogen-bond acceptors (Lipinski definition) is 3. The molecule has 1 unspecified atom stereocenters. The summed E-state index contributed by atoms with van der Waals surface area (Å²) in [6.45, 7) is 1.33. The van der Waals surface area contributed by atoms with Gasteiger partial charge in [0.15, 0.2) is 0 Å². The Morgan fingerprint density at radius 2 is 1.83 bits per heavy atom. The van der Waals surface area contributed by atoms with Crippen molar-refractivity contribution in [3.8, 4) is 0 Å². The topological polar surface area (TPSA) is 74.7 Å². The molecule has 2 aromatic carbocycles. The molecular weight excluding hydrogens is 453 g/mol. The maximum absolute atomic E-state index is 12.9. The number of sulfonamides is 1. The van der Waals surface area contributed by atoms with Crippen molar-refractivity contribution in [2.45, 2.75) is 17.9 Å². The lowest BCUT2D eigenvalue weighted by Crippen LogP contribution is -2.43. The lowest BCUT2D eigenvalue weighted by molar-refractivity contribution is -0.137. The Kier molecular flexibility index (Phi) is 5.53. The van der Waals surface area contributed by atoms with E-state index in [-0.39, 0.29) is 4.90 Å². The first-order chi connectivity index (χ1) is 10.7. The number of anilines is 1. The summed E-state index contributed by atoms with van der Waals surface area (Å²) in [6.07, 6.45) is 0. The molecule has 122 valence electrons. The van der Waals surface area contributed by atoms with Crippen molar-refractivity contribution in [2.24, 2.45) is 0 Å². The molecule has 0 aliphatic rings. The molecule has 0 amide bonds. The van der Waals surface area contributed by atoms with E-state index in [1.807, 2.05) is 22.6 Å². The van der Waals surface area contributed by atoms with Gasteiger partial charge in [-0.15, -0.1) is 0 Å². The average molecular weight is 466 g/mol. The number of carboxylic acid groups (broad SMARTS) is 1. The molecule has 5 nitrogen and oxygen atoms in total. The van der Waals surface area contributed by atoms with Gasteiger partial charge in [-0.25, -0.2) is 13.2 Å². The predicted molar refractivity (Wildman–Crippen MR) is 97.4 cm³/mol. The smallest absolute Gasteiger partial charge is 0.327 e. The zero-order chi connectivity index (χ0) is 17.2. The maximum atomic E-state index is 12.9. The molecule has 2 rings (SSSR count). The summed E-state index contributed by atoms with van der Waals surface area (Å²) in [7, 11) is -4.04. The summed E-state index contributed by atoms with van der Waals surface area (Å²) >= 11 is 7.83. The Balaban J connectivity index is 2.61. The zero-order valence-corrected chi connectivity index (χ0v) is 15.7. The number of aliphatic carboxylic acids is 1. The minimum atomic E-state index is -4.04. The van der Waals surface area contributed by atoms with Crippen molar-refractivity contribution in [1.29, 1.82) is 0 Å². The predicted octanol–water partition coefficient (Wildman–Crippen LogP) is 3.61. The van der Waals surface area contributed by atoms with Crippen molar-refractivity contribution in [3.63, 3.8) is 0 Å². The van der Waals surface area contributed by atoms with E-state index in [0.29, 0.717) is 10.7 Å². The van der Waals surface area contributed by atoms with E-state index in [2.05, 4.69) is 0 Å². The van der Waals surface area contributed by atoms with E-state index in [9.17, 15) is 18.3 Å². The summed E-state index contributed by atoms with van der Waals surface area (Å²) in [5, 5.41) is 9.71. The molecule has 0 bridgehead atoms. The largest absolute Gasteiger partial charge is 0.480 e. The molecule has 23 heavy (non-hydrogen) atoms. The highest BCUT2D eigenvalue weighted by Gasteiger charge is 2.33. The molecule has 0 fully saturated rings. The Labute approximate surface area is 153 Å². The second-order valence-corrected chi connectivity index (χ2v) is 8.25. The Morgan fingerprint density at radius 3 is 2.35 bits per heavy atom. The van der Waals surface area contributed by atoms with Crippen molar-refractivity contribution < 1.29 is 18.3 Å². The SMILES string of the molecule is CC(C(=O)O)N(c1cccc(I)c1)S(=O)(=O)c1ccc(Cl)cc1. The van der Waals surface area contributed by atoms with Crippen molar-refractivity contribution >= 4 is 55.9 Å². The number of carbonyl (C=O) groups is 1. The van der Waals surface area contributed by atoms with Crippen molar-refractivity contribution in [3.05, 3.63) is 57.1 Å². The quantitative estimate of drug-likeness (QED) is 0.685. The molecule has 0 radical (unpaired) electrons. The number of carboxylic acids is 1. The Bertz CT molecular complexity index is 824. The molecule has 1 N–H and O–H groups in total. The molecule has 1 atom stereocenters. The van der Waals surface area contributed by atoms with Crippen LogP contribution in [0.3, 0.4) is 0 Å². The highest BCUT2D eigenvalue weighted by atomic mass is 127. The third-order valence-electron chi connectivity index (χ3n) is 3.14. The number of benzene rings is 2. The van der Waals surface area contributed by atoms with Crippen molar-refractivity contribution in [1.82, 2.24) is 0 Å². The normalized spacial score (nSPS) is 12.7. The van der Waals surface area contributed by atoms with Crippen LogP contribution in [-0.4, -0.2) is 25.5 Å². The van der Waals surface area contributed by atoms with Crippen molar-refractivity contribution in [2.75, 3.05) is 4.31 Å². The van der Waals surface area contributed by atoms with E-state index in [1.54, 1.807) is 24.3 Å². The molecule has 0 aromatic heterocycles. The second kappa shape index (κ2) is 7.06. The van der Waals surface area contributed by atoms with Crippen LogP contribution >= 0.6 is 34.2 Å². The minimum absolute atomic E-state index is 0.0196. The van der Waals surface area contributed by atoms with Gasteiger partial charge in [0.2, 0.25) is 0 Å². The van der Waals surface area contributed by atoms with Gasteiger partial charge in [0.05, 0.1) is 10.6 Å². The summed E-state index contributed by atoms with van der Waals surface area (Å²) in [5.74, 6) is -1.23. The van der Waals surface area contributed by atoms with Gasteiger partial charge in [-0.1, -0.05) is 17.7 Å².